The second kappa shape index (κ2) is 7.24. The summed E-state index contributed by atoms with van der Waals surface area (Å²) in [6, 6.07) is 4.08. The third-order valence-electron chi connectivity index (χ3n) is 3.35. The fraction of sp³-hybridized carbons (Fsp3) is 0.600. The van der Waals surface area contributed by atoms with Gasteiger partial charge in [0.25, 0.3) is 0 Å². The van der Waals surface area contributed by atoms with Crippen molar-refractivity contribution in [1.29, 1.82) is 0 Å². The number of anilines is 1. The second-order valence-electron chi connectivity index (χ2n) is 5.60. The molecule has 0 aliphatic carbocycles. The maximum absolute atomic E-state index is 11.4. The zero-order chi connectivity index (χ0) is 14.4. The molecule has 2 N–H and O–H groups in total. The molecule has 1 saturated heterocycles. The lowest BCUT2D eigenvalue weighted by atomic mass is 10.2. The minimum Gasteiger partial charge on any atom is -0.354 e. The number of nitrogens with zero attached hydrogens (tertiary/aromatic N) is 2. The van der Waals surface area contributed by atoms with E-state index < -0.39 is 0 Å². The first kappa shape index (κ1) is 14.8. The van der Waals surface area contributed by atoms with E-state index in [0.717, 1.165) is 32.0 Å². The third kappa shape index (κ3) is 4.20. The molecule has 0 bridgehead atoms. The lowest BCUT2D eigenvalue weighted by Crippen LogP contribution is -2.30. The molecule has 2 heterocycles. The van der Waals surface area contributed by atoms with Crippen LogP contribution in [0.25, 0.3) is 0 Å². The largest absolute Gasteiger partial charge is 0.354 e. The van der Waals surface area contributed by atoms with Crippen LogP contribution in [0.3, 0.4) is 0 Å². The highest BCUT2D eigenvalue weighted by Crippen LogP contribution is 2.18. The molecule has 1 aromatic rings. The van der Waals surface area contributed by atoms with Gasteiger partial charge in [0.15, 0.2) is 0 Å². The highest BCUT2D eigenvalue weighted by Gasteiger charge is 2.17. The second-order valence-corrected chi connectivity index (χ2v) is 5.60. The number of aromatic nitrogens is 1. The molecule has 1 aliphatic heterocycles. The van der Waals surface area contributed by atoms with Gasteiger partial charge in [0.1, 0.15) is 5.82 Å². The van der Waals surface area contributed by atoms with Crippen LogP contribution in [0, 0.1) is 5.92 Å². The first-order valence-electron chi connectivity index (χ1n) is 7.33. The number of amides is 1. The number of hydrogen-bond acceptors (Lipinski definition) is 4. The SMILES string of the molecule is CC(C)CNCc1cccnc1N1CCNC(=O)CC1. The average Bonchev–Trinajstić information content (AvgIpc) is 2.64. The van der Waals surface area contributed by atoms with Gasteiger partial charge in [-0.15, -0.1) is 0 Å². The summed E-state index contributed by atoms with van der Waals surface area (Å²) in [7, 11) is 0. The van der Waals surface area contributed by atoms with Gasteiger partial charge in [-0.3, -0.25) is 4.79 Å². The van der Waals surface area contributed by atoms with E-state index in [-0.39, 0.29) is 5.91 Å². The predicted octanol–water partition coefficient (Wildman–Crippen LogP) is 1.15. The Morgan fingerprint density at radius 3 is 3.10 bits per heavy atom. The maximum atomic E-state index is 11.4. The Hall–Kier alpha value is -1.62. The highest BCUT2D eigenvalue weighted by molar-refractivity contribution is 5.77. The molecule has 1 aromatic heterocycles. The molecular weight excluding hydrogens is 252 g/mol. The normalized spacial score (nSPS) is 16.1. The number of rotatable bonds is 5. The van der Waals surface area contributed by atoms with Crippen LogP contribution in [0.1, 0.15) is 25.8 Å². The minimum atomic E-state index is 0.128. The van der Waals surface area contributed by atoms with Crippen molar-refractivity contribution in [3.05, 3.63) is 23.9 Å². The summed E-state index contributed by atoms with van der Waals surface area (Å²) in [5.74, 6) is 1.76. The summed E-state index contributed by atoms with van der Waals surface area (Å²) in [5.41, 5.74) is 1.20. The lowest BCUT2D eigenvalue weighted by Gasteiger charge is -2.23. The lowest BCUT2D eigenvalue weighted by molar-refractivity contribution is -0.120. The Bertz CT molecular complexity index is 447. The van der Waals surface area contributed by atoms with E-state index in [4.69, 9.17) is 0 Å². The van der Waals surface area contributed by atoms with Crippen molar-refractivity contribution in [2.75, 3.05) is 31.1 Å². The molecule has 0 atom stereocenters. The topological polar surface area (TPSA) is 57.3 Å². The first-order chi connectivity index (χ1) is 9.66. The van der Waals surface area contributed by atoms with Gasteiger partial charge < -0.3 is 15.5 Å². The average molecular weight is 276 g/mol. The third-order valence-corrected chi connectivity index (χ3v) is 3.35. The minimum absolute atomic E-state index is 0.128. The van der Waals surface area contributed by atoms with Gasteiger partial charge in [0.05, 0.1) is 0 Å². The predicted molar refractivity (Wildman–Crippen MR) is 80.6 cm³/mol. The fourth-order valence-corrected chi connectivity index (χ4v) is 2.33. The smallest absolute Gasteiger partial charge is 0.221 e. The Kier molecular flexibility index (Phi) is 5.35. The summed E-state index contributed by atoms with van der Waals surface area (Å²) < 4.78 is 0. The summed E-state index contributed by atoms with van der Waals surface area (Å²) in [6.45, 7) is 8.45. The molecular formula is C15H24N4O. The van der Waals surface area contributed by atoms with Gasteiger partial charge in [0.2, 0.25) is 5.91 Å². The zero-order valence-corrected chi connectivity index (χ0v) is 12.4. The van der Waals surface area contributed by atoms with Crippen LogP contribution in [-0.2, 0) is 11.3 Å². The van der Waals surface area contributed by atoms with E-state index >= 15 is 0 Å². The van der Waals surface area contributed by atoms with Gasteiger partial charge in [-0.25, -0.2) is 4.98 Å². The van der Waals surface area contributed by atoms with Crippen molar-refractivity contribution in [3.63, 3.8) is 0 Å². The monoisotopic (exact) mass is 276 g/mol. The maximum Gasteiger partial charge on any atom is 0.221 e. The number of hydrogen-bond donors (Lipinski definition) is 2. The molecule has 110 valence electrons. The van der Waals surface area contributed by atoms with Crippen molar-refractivity contribution < 1.29 is 4.79 Å². The molecule has 2 rings (SSSR count). The molecule has 0 unspecified atom stereocenters. The van der Waals surface area contributed by atoms with E-state index in [1.807, 2.05) is 12.3 Å². The first-order valence-corrected chi connectivity index (χ1v) is 7.33. The highest BCUT2D eigenvalue weighted by atomic mass is 16.1. The van der Waals surface area contributed by atoms with Crippen molar-refractivity contribution in [1.82, 2.24) is 15.6 Å². The van der Waals surface area contributed by atoms with E-state index in [9.17, 15) is 4.79 Å². The molecule has 1 amide bonds. The molecule has 0 saturated carbocycles. The summed E-state index contributed by atoms with van der Waals surface area (Å²) in [5, 5.41) is 6.35. The quantitative estimate of drug-likeness (QED) is 0.847. The van der Waals surface area contributed by atoms with Crippen molar-refractivity contribution in [3.8, 4) is 0 Å². The Labute approximate surface area is 120 Å². The van der Waals surface area contributed by atoms with E-state index in [2.05, 4.69) is 40.4 Å². The van der Waals surface area contributed by atoms with Crippen LogP contribution < -0.4 is 15.5 Å². The number of carbonyl (C=O) groups is 1. The summed E-state index contributed by atoms with van der Waals surface area (Å²) in [4.78, 5) is 18.1. The van der Waals surface area contributed by atoms with E-state index in [0.29, 0.717) is 18.9 Å². The van der Waals surface area contributed by atoms with Crippen molar-refractivity contribution in [2.45, 2.75) is 26.8 Å². The fourth-order valence-electron chi connectivity index (χ4n) is 2.33. The van der Waals surface area contributed by atoms with Crippen LogP contribution in [0.5, 0.6) is 0 Å². The van der Waals surface area contributed by atoms with Crippen molar-refractivity contribution in [2.24, 2.45) is 5.92 Å². The molecule has 0 spiro atoms. The van der Waals surface area contributed by atoms with Crippen LogP contribution in [0.4, 0.5) is 5.82 Å². The van der Waals surface area contributed by atoms with Gasteiger partial charge >= 0.3 is 0 Å². The Morgan fingerprint density at radius 2 is 2.30 bits per heavy atom. The molecule has 20 heavy (non-hydrogen) atoms. The molecule has 1 aliphatic rings. The molecule has 0 radical (unpaired) electrons. The van der Waals surface area contributed by atoms with Crippen LogP contribution in [0.15, 0.2) is 18.3 Å². The van der Waals surface area contributed by atoms with Crippen LogP contribution in [0.2, 0.25) is 0 Å². The van der Waals surface area contributed by atoms with Gasteiger partial charge in [0, 0.05) is 44.4 Å². The van der Waals surface area contributed by atoms with Crippen molar-refractivity contribution >= 4 is 11.7 Å². The van der Waals surface area contributed by atoms with Gasteiger partial charge in [-0.05, 0) is 18.5 Å². The Balaban J connectivity index is 2.04. The summed E-state index contributed by atoms with van der Waals surface area (Å²) >= 11 is 0. The molecule has 1 fully saturated rings. The van der Waals surface area contributed by atoms with E-state index in [1.54, 1.807) is 0 Å². The standard InChI is InChI=1S/C15H24N4O/c1-12(2)10-16-11-13-4-3-6-18-15(13)19-8-5-14(20)17-7-9-19/h3-4,6,12,16H,5,7-11H2,1-2H3,(H,17,20). The number of pyridine rings is 1. The molecule has 5 heteroatoms. The van der Waals surface area contributed by atoms with Gasteiger partial charge in [-0.1, -0.05) is 19.9 Å². The van der Waals surface area contributed by atoms with Gasteiger partial charge in [-0.2, -0.15) is 0 Å². The molecule has 5 nitrogen and oxygen atoms in total. The van der Waals surface area contributed by atoms with E-state index in [1.165, 1.54) is 5.56 Å². The van der Waals surface area contributed by atoms with Crippen LogP contribution in [-0.4, -0.2) is 37.1 Å². The zero-order valence-electron chi connectivity index (χ0n) is 12.4. The number of nitrogens with one attached hydrogen (secondary N) is 2. The Morgan fingerprint density at radius 1 is 1.45 bits per heavy atom. The van der Waals surface area contributed by atoms with Crippen LogP contribution >= 0.6 is 0 Å². The summed E-state index contributed by atoms with van der Waals surface area (Å²) in [6.07, 6.45) is 2.36. The number of carbonyl (C=O) groups excluding carboxylic acids is 1. The molecule has 0 aromatic carbocycles.